The van der Waals surface area contributed by atoms with Crippen LogP contribution in [-0.4, -0.2) is 34.3 Å². The zero-order valence-corrected chi connectivity index (χ0v) is 12.2. The fourth-order valence-electron chi connectivity index (χ4n) is 2.94. The van der Waals surface area contributed by atoms with Gasteiger partial charge >= 0.3 is 0 Å². The molecular formula is C14H19N3OS. The average Bonchev–Trinajstić information content (AvgIpc) is 2.97. The first-order valence-corrected chi connectivity index (χ1v) is 7.59. The third kappa shape index (κ3) is 2.32. The van der Waals surface area contributed by atoms with Gasteiger partial charge in [0.05, 0.1) is 15.8 Å². The fraction of sp³-hybridized carbons (Fsp3) is 0.571. The Labute approximate surface area is 117 Å². The second-order valence-electron chi connectivity index (χ2n) is 5.58. The minimum absolute atomic E-state index is 0.543. The zero-order valence-electron chi connectivity index (χ0n) is 11.4. The van der Waals surface area contributed by atoms with Gasteiger partial charge < -0.3 is 10.0 Å². The summed E-state index contributed by atoms with van der Waals surface area (Å²) >= 11 is 1.68. The van der Waals surface area contributed by atoms with Gasteiger partial charge in [-0.3, -0.25) is 0 Å². The molecule has 0 saturated heterocycles. The highest BCUT2D eigenvalue weighted by Crippen LogP contribution is 2.34. The van der Waals surface area contributed by atoms with E-state index in [2.05, 4.69) is 27.2 Å². The van der Waals surface area contributed by atoms with Gasteiger partial charge in [-0.15, -0.1) is 11.3 Å². The summed E-state index contributed by atoms with van der Waals surface area (Å²) in [6.45, 7) is 2.72. The lowest BCUT2D eigenvalue weighted by molar-refractivity contribution is 0.0558. The molecule has 0 aliphatic heterocycles. The van der Waals surface area contributed by atoms with Gasteiger partial charge in [-0.2, -0.15) is 0 Å². The number of anilines is 1. The molecule has 1 saturated carbocycles. The van der Waals surface area contributed by atoms with Crippen molar-refractivity contribution in [2.45, 2.75) is 38.2 Å². The van der Waals surface area contributed by atoms with Gasteiger partial charge in [0.1, 0.15) is 12.1 Å². The van der Waals surface area contributed by atoms with E-state index in [0.717, 1.165) is 41.7 Å². The molecule has 1 fully saturated rings. The predicted molar refractivity (Wildman–Crippen MR) is 78.8 cm³/mol. The first-order valence-electron chi connectivity index (χ1n) is 6.71. The topological polar surface area (TPSA) is 49.2 Å². The van der Waals surface area contributed by atoms with Crippen LogP contribution >= 0.6 is 11.3 Å². The van der Waals surface area contributed by atoms with Crippen molar-refractivity contribution in [3.05, 3.63) is 17.3 Å². The molecule has 0 radical (unpaired) electrons. The van der Waals surface area contributed by atoms with Crippen molar-refractivity contribution in [2.75, 3.05) is 18.5 Å². The summed E-state index contributed by atoms with van der Waals surface area (Å²) in [6.07, 6.45) is 5.67. The number of fused-ring (bicyclic) bond motifs is 1. The highest BCUT2D eigenvalue weighted by Gasteiger charge is 2.33. The molecule has 3 rings (SSSR count). The standard InChI is InChI=1S/C14H19N3OS/c1-10-7-19-12-11(10)15-9-16-13(12)17(2)8-14(18)5-3-4-6-14/h7,9,18H,3-6,8H2,1-2H3. The average molecular weight is 277 g/mol. The van der Waals surface area contributed by atoms with Crippen LogP contribution in [0.15, 0.2) is 11.7 Å². The Hall–Kier alpha value is -1.20. The first-order chi connectivity index (χ1) is 9.09. The molecule has 0 bridgehead atoms. The zero-order chi connectivity index (χ0) is 13.5. The molecule has 1 aliphatic rings. The third-order valence-corrected chi connectivity index (χ3v) is 5.02. The minimum atomic E-state index is -0.543. The molecular weight excluding hydrogens is 258 g/mol. The van der Waals surface area contributed by atoms with Crippen LogP contribution in [0.4, 0.5) is 5.82 Å². The Bertz CT molecular complexity index is 589. The highest BCUT2D eigenvalue weighted by molar-refractivity contribution is 7.18. The Morgan fingerprint density at radius 2 is 2.11 bits per heavy atom. The molecule has 102 valence electrons. The van der Waals surface area contributed by atoms with Crippen LogP contribution in [0.25, 0.3) is 10.2 Å². The summed E-state index contributed by atoms with van der Waals surface area (Å²) in [6, 6.07) is 0. The van der Waals surface area contributed by atoms with E-state index < -0.39 is 5.60 Å². The molecule has 2 aromatic heterocycles. The van der Waals surface area contributed by atoms with Gasteiger partial charge in [-0.25, -0.2) is 9.97 Å². The number of aromatic nitrogens is 2. The number of aliphatic hydroxyl groups is 1. The van der Waals surface area contributed by atoms with Gasteiger partial charge in [0.25, 0.3) is 0 Å². The Kier molecular flexibility index (Phi) is 3.19. The van der Waals surface area contributed by atoms with E-state index in [4.69, 9.17) is 0 Å². The predicted octanol–water partition coefficient (Wildman–Crippen LogP) is 2.74. The number of likely N-dealkylation sites (N-methyl/N-ethyl adjacent to an activating group) is 1. The van der Waals surface area contributed by atoms with Crippen LogP contribution in [0, 0.1) is 6.92 Å². The van der Waals surface area contributed by atoms with Crippen molar-refractivity contribution in [3.8, 4) is 0 Å². The Balaban J connectivity index is 1.91. The summed E-state index contributed by atoms with van der Waals surface area (Å²) in [5.74, 6) is 0.934. The monoisotopic (exact) mass is 277 g/mol. The van der Waals surface area contributed by atoms with E-state index in [1.165, 1.54) is 5.56 Å². The molecule has 2 heterocycles. The lowest BCUT2D eigenvalue weighted by Gasteiger charge is -2.29. The van der Waals surface area contributed by atoms with Gasteiger partial charge in [0.2, 0.25) is 0 Å². The van der Waals surface area contributed by atoms with Crippen LogP contribution in [0.1, 0.15) is 31.2 Å². The Morgan fingerprint density at radius 1 is 1.37 bits per heavy atom. The molecule has 0 atom stereocenters. The van der Waals surface area contributed by atoms with Gasteiger partial charge in [-0.1, -0.05) is 12.8 Å². The maximum absolute atomic E-state index is 10.5. The molecule has 5 heteroatoms. The molecule has 4 nitrogen and oxygen atoms in total. The van der Waals surface area contributed by atoms with Gasteiger partial charge in [0.15, 0.2) is 0 Å². The summed E-state index contributed by atoms with van der Waals surface area (Å²) in [5, 5.41) is 12.6. The fourth-order valence-corrected chi connectivity index (χ4v) is 3.98. The Morgan fingerprint density at radius 3 is 2.84 bits per heavy atom. The van der Waals surface area contributed by atoms with Gasteiger partial charge in [-0.05, 0) is 30.7 Å². The van der Waals surface area contributed by atoms with Crippen molar-refractivity contribution in [2.24, 2.45) is 0 Å². The van der Waals surface area contributed by atoms with Crippen molar-refractivity contribution >= 4 is 27.4 Å². The van der Waals surface area contributed by atoms with Crippen molar-refractivity contribution < 1.29 is 5.11 Å². The molecule has 0 unspecified atom stereocenters. The molecule has 1 N–H and O–H groups in total. The second kappa shape index (κ2) is 4.72. The molecule has 0 aromatic carbocycles. The summed E-state index contributed by atoms with van der Waals surface area (Å²) < 4.78 is 1.11. The van der Waals surface area contributed by atoms with E-state index in [0.29, 0.717) is 6.54 Å². The normalized spacial score (nSPS) is 18.1. The molecule has 0 amide bonds. The molecule has 0 spiro atoms. The third-order valence-electron chi connectivity index (χ3n) is 3.94. The summed E-state index contributed by atoms with van der Waals surface area (Å²) in [7, 11) is 2.01. The van der Waals surface area contributed by atoms with Crippen LogP contribution in [-0.2, 0) is 0 Å². The van der Waals surface area contributed by atoms with Crippen LogP contribution in [0.5, 0.6) is 0 Å². The molecule has 2 aromatic rings. The van der Waals surface area contributed by atoms with Crippen LogP contribution < -0.4 is 4.90 Å². The van der Waals surface area contributed by atoms with E-state index >= 15 is 0 Å². The maximum atomic E-state index is 10.5. The first kappa shape index (κ1) is 12.8. The second-order valence-corrected chi connectivity index (χ2v) is 6.46. The quantitative estimate of drug-likeness (QED) is 0.937. The SMILES string of the molecule is Cc1csc2c(N(C)CC3(O)CCCC3)ncnc12. The number of thiophene rings is 1. The maximum Gasteiger partial charge on any atom is 0.149 e. The summed E-state index contributed by atoms with van der Waals surface area (Å²) in [5.41, 5.74) is 1.68. The van der Waals surface area contributed by atoms with E-state index in [-0.39, 0.29) is 0 Å². The lowest BCUT2D eigenvalue weighted by Crippen LogP contribution is -2.39. The van der Waals surface area contributed by atoms with E-state index in [9.17, 15) is 5.11 Å². The van der Waals surface area contributed by atoms with Crippen molar-refractivity contribution in [1.29, 1.82) is 0 Å². The minimum Gasteiger partial charge on any atom is -0.388 e. The molecule has 1 aliphatic carbocycles. The smallest absolute Gasteiger partial charge is 0.149 e. The van der Waals surface area contributed by atoms with Crippen LogP contribution in [0.2, 0.25) is 0 Å². The van der Waals surface area contributed by atoms with Gasteiger partial charge in [0, 0.05) is 13.6 Å². The highest BCUT2D eigenvalue weighted by atomic mass is 32.1. The number of hydrogen-bond donors (Lipinski definition) is 1. The van der Waals surface area contributed by atoms with Crippen molar-refractivity contribution in [1.82, 2.24) is 9.97 Å². The van der Waals surface area contributed by atoms with E-state index in [1.54, 1.807) is 17.7 Å². The largest absolute Gasteiger partial charge is 0.388 e. The number of rotatable bonds is 3. The summed E-state index contributed by atoms with van der Waals surface area (Å²) in [4.78, 5) is 10.8. The number of aryl methyl sites for hydroxylation is 1. The van der Waals surface area contributed by atoms with E-state index in [1.807, 2.05) is 7.05 Å². The molecule has 19 heavy (non-hydrogen) atoms. The lowest BCUT2D eigenvalue weighted by atomic mass is 10.0. The number of nitrogens with zero attached hydrogens (tertiary/aromatic N) is 3. The van der Waals surface area contributed by atoms with Crippen molar-refractivity contribution in [3.63, 3.8) is 0 Å². The van der Waals surface area contributed by atoms with Crippen LogP contribution in [0.3, 0.4) is 0 Å². The number of hydrogen-bond acceptors (Lipinski definition) is 5.